The lowest BCUT2D eigenvalue weighted by molar-refractivity contribution is -0.137. The third-order valence-electron chi connectivity index (χ3n) is 2.45. The second-order valence-corrected chi connectivity index (χ2v) is 4.50. The van der Waals surface area contributed by atoms with Gasteiger partial charge in [0, 0.05) is 25.0 Å². The van der Waals surface area contributed by atoms with Crippen molar-refractivity contribution in [3.63, 3.8) is 0 Å². The maximum absolute atomic E-state index is 12.2. The molecule has 0 aliphatic rings. The molecule has 0 radical (unpaired) electrons. The number of aliphatic carboxylic acids is 1. The first kappa shape index (κ1) is 14.4. The Hall–Kier alpha value is -1.62. The summed E-state index contributed by atoms with van der Waals surface area (Å²) in [6.45, 7) is 3.81. The molecule has 5 nitrogen and oxygen atoms in total. The lowest BCUT2D eigenvalue weighted by Crippen LogP contribution is -2.38. The normalized spacial score (nSPS) is 10.4. The highest BCUT2D eigenvalue weighted by molar-refractivity contribution is 6.33. The van der Waals surface area contributed by atoms with E-state index < -0.39 is 5.97 Å². The smallest absolute Gasteiger partial charge is 0.305 e. The van der Waals surface area contributed by atoms with Crippen LogP contribution in [0, 0.1) is 0 Å². The Balaban J connectivity index is 2.90. The number of hydrogen-bond donors (Lipinski definition) is 1. The minimum Gasteiger partial charge on any atom is -0.481 e. The van der Waals surface area contributed by atoms with Crippen LogP contribution in [0.5, 0.6) is 0 Å². The Labute approximate surface area is 110 Å². The Bertz CT molecular complexity index is 449. The summed E-state index contributed by atoms with van der Waals surface area (Å²) in [4.78, 5) is 28.1. The van der Waals surface area contributed by atoms with Gasteiger partial charge in [0.15, 0.2) is 0 Å². The zero-order chi connectivity index (χ0) is 13.7. The summed E-state index contributed by atoms with van der Waals surface area (Å²) >= 11 is 5.90. The van der Waals surface area contributed by atoms with E-state index in [2.05, 4.69) is 4.98 Å². The Morgan fingerprint density at radius 2 is 2.17 bits per heavy atom. The average Bonchev–Trinajstić information content (AvgIpc) is 2.28. The largest absolute Gasteiger partial charge is 0.481 e. The van der Waals surface area contributed by atoms with Gasteiger partial charge in [-0.25, -0.2) is 0 Å². The number of amides is 1. The molecular weight excluding hydrogens is 256 g/mol. The molecule has 0 fully saturated rings. The molecule has 6 heteroatoms. The van der Waals surface area contributed by atoms with Crippen LogP contribution in [0.4, 0.5) is 0 Å². The monoisotopic (exact) mass is 270 g/mol. The topological polar surface area (TPSA) is 70.5 Å². The molecule has 0 aliphatic heterocycles. The van der Waals surface area contributed by atoms with Crippen LogP contribution in [0.25, 0.3) is 0 Å². The molecule has 0 aromatic carbocycles. The average molecular weight is 271 g/mol. The van der Waals surface area contributed by atoms with E-state index in [9.17, 15) is 9.59 Å². The number of halogens is 1. The number of aromatic nitrogens is 1. The van der Waals surface area contributed by atoms with E-state index in [-0.39, 0.29) is 29.9 Å². The van der Waals surface area contributed by atoms with Gasteiger partial charge in [-0.05, 0) is 19.9 Å². The Kier molecular flexibility index (Phi) is 5.09. The summed E-state index contributed by atoms with van der Waals surface area (Å²) in [5, 5.41) is 8.94. The van der Waals surface area contributed by atoms with Gasteiger partial charge in [0.1, 0.15) is 0 Å². The summed E-state index contributed by atoms with van der Waals surface area (Å²) in [6.07, 6.45) is 2.78. The van der Waals surface area contributed by atoms with Crippen molar-refractivity contribution in [1.82, 2.24) is 9.88 Å². The van der Waals surface area contributed by atoms with E-state index in [1.165, 1.54) is 23.4 Å². The first-order valence-corrected chi connectivity index (χ1v) is 5.93. The third kappa shape index (κ3) is 3.70. The highest BCUT2D eigenvalue weighted by Gasteiger charge is 2.21. The number of carbonyl (C=O) groups is 2. The first-order chi connectivity index (χ1) is 8.43. The van der Waals surface area contributed by atoms with E-state index in [0.29, 0.717) is 5.56 Å². The molecule has 1 N–H and O–H groups in total. The number of carboxylic acid groups (broad SMARTS) is 1. The van der Waals surface area contributed by atoms with Crippen molar-refractivity contribution in [2.24, 2.45) is 0 Å². The lowest BCUT2D eigenvalue weighted by Gasteiger charge is -2.26. The molecule has 0 saturated carbocycles. The number of nitrogens with zero attached hydrogens (tertiary/aromatic N) is 2. The van der Waals surface area contributed by atoms with Gasteiger partial charge < -0.3 is 10.0 Å². The maximum Gasteiger partial charge on any atom is 0.305 e. The minimum atomic E-state index is -0.936. The van der Waals surface area contributed by atoms with Gasteiger partial charge in [0.2, 0.25) is 0 Å². The zero-order valence-electron chi connectivity index (χ0n) is 10.3. The van der Waals surface area contributed by atoms with Crippen LogP contribution in [-0.2, 0) is 4.79 Å². The van der Waals surface area contributed by atoms with E-state index in [0.717, 1.165) is 0 Å². The van der Waals surface area contributed by atoms with E-state index >= 15 is 0 Å². The number of carboxylic acids is 1. The van der Waals surface area contributed by atoms with Gasteiger partial charge >= 0.3 is 5.97 Å². The number of pyridine rings is 1. The van der Waals surface area contributed by atoms with Gasteiger partial charge in [-0.1, -0.05) is 11.6 Å². The van der Waals surface area contributed by atoms with Gasteiger partial charge in [0.25, 0.3) is 5.91 Å². The van der Waals surface area contributed by atoms with E-state index in [4.69, 9.17) is 16.7 Å². The number of carbonyl (C=O) groups excluding carboxylic acids is 1. The predicted octanol–water partition coefficient (Wildman–Crippen LogP) is 2.06. The summed E-state index contributed by atoms with van der Waals surface area (Å²) in [5.41, 5.74) is 0.339. The molecular formula is C12H15ClN2O3. The van der Waals surface area contributed by atoms with Crippen LogP contribution in [0.1, 0.15) is 30.6 Å². The standard InChI is InChI=1S/C12H15ClN2O3/c1-8(2)15(6-4-11(16)17)12(18)9-3-5-14-7-10(9)13/h3,5,7-8H,4,6H2,1-2H3,(H,16,17). The highest BCUT2D eigenvalue weighted by Crippen LogP contribution is 2.17. The molecule has 0 unspecified atom stereocenters. The molecule has 1 heterocycles. The highest BCUT2D eigenvalue weighted by atomic mass is 35.5. The SMILES string of the molecule is CC(C)N(CCC(=O)O)C(=O)c1ccncc1Cl. The van der Waals surface area contributed by atoms with Crippen LogP contribution in [-0.4, -0.2) is 39.5 Å². The number of rotatable bonds is 5. The molecule has 0 aliphatic carbocycles. The molecule has 1 aromatic rings. The van der Waals surface area contributed by atoms with Crippen molar-refractivity contribution in [3.8, 4) is 0 Å². The predicted molar refractivity (Wildman–Crippen MR) is 67.7 cm³/mol. The fraction of sp³-hybridized carbons (Fsp3) is 0.417. The minimum absolute atomic E-state index is 0.0907. The van der Waals surface area contributed by atoms with Gasteiger partial charge in [-0.15, -0.1) is 0 Å². The first-order valence-electron chi connectivity index (χ1n) is 5.55. The van der Waals surface area contributed by atoms with Crippen LogP contribution in [0.3, 0.4) is 0 Å². The zero-order valence-corrected chi connectivity index (χ0v) is 11.0. The second-order valence-electron chi connectivity index (χ2n) is 4.09. The quantitative estimate of drug-likeness (QED) is 0.889. The van der Waals surface area contributed by atoms with Crippen LogP contribution < -0.4 is 0 Å². The summed E-state index contributed by atoms with van der Waals surface area (Å²) < 4.78 is 0. The second kappa shape index (κ2) is 6.35. The van der Waals surface area contributed by atoms with Crippen molar-refractivity contribution in [2.75, 3.05) is 6.54 Å². The number of hydrogen-bond acceptors (Lipinski definition) is 3. The van der Waals surface area contributed by atoms with E-state index in [1.807, 2.05) is 13.8 Å². The molecule has 0 atom stereocenters. The molecule has 1 amide bonds. The molecule has 98 valence electrons. The third-order valence-corrected chi connectivity index (χ3v) is 2.75. The summed E-state index contributed by atoms with van der Waals surface area (Å²) in [6, 6.07) is 1.43. The molecule has 1 rings (SSSR count). The molecule has 0 saturated heterocycles. The Morgan fingerprint density at radius 1 is 1.50 bits per heavy atom. The molecule has 18 heavy (non-hydrogen) atoms. The fourth-order valence-electron chi connectivity index (χ4n) is 1.51. The van der Waals surface area contributed by atoms with Crippen LogP contribution >= 0.6 is 11.6 Å². The Morgan fingerprint density at radius 3 is 2.67 bits per heavy atom. The van der Waals surface area contributed by atoms with Crippen molar-refractivity contribution in [3.05, 3.63) is 29.0 Å². The van der Waals surface area contributed by atoms with Crippen molar-refractivity contribution >= 4 is 23.5 Å². The van der Waals surface area contributed by atoms with Crippen molar-refractivity contribution < 1.29 is 14.7 Å². The van der Waals surface area contributed by atoms with Gasteiger partial charge in [0.05, 0.1) is 17.0 Å². The van der Waals surface area contributed by atoms with E-state index in [1.54, 1.807) is 0 Å². The van der Waals surface area contributed by atoms with Crippen LogP contribution in [0.15, 0.2) is 18.5 Å². The molecule has 0 spiro atoms. The van der Waals surface area contributed by atoms with Crippen LogP contribution in [0.2, 0.25) is 5.02 Å². The summed E-state index contributed by atoms with van der Waals surface area (Å²) in [7, 11) is 0. The molecule has 0 bridgehead atoms. The van der Waals surface area contributed by atoms with Gasteiger partial charge in [-0.3, -0.25) is 14.6 Å². The maximum atomic E-state index is 12.2. The fourth-order valence-corrected chi connectivity index (χ4v) is 1.71. The summed E-state index contributed by atoms with van der Waals surface area (Å²) in [5.74, 6) is -1.21. The molecule has 1 aromatic heterocycles. The van der Waals surface area contributed by atoms with Gasteiger partial charge in [-0.2, -0.15) is 0 Å². The van der Waals surface area contributed by atoms with Crippen molar-refractivity contribution in [2.45, 2.75) is 26.3 Å². The van der Waals surface area contributed by atoms with Crippen molar-refractivity contribution in [1.29, 1.82) is 0 Å². The lowest BCUT2D eigenvalue weighted by atomic mass is 10.2.